The molecule has 1 aliphatic rings. The molecule has 0 aromatic heterocycles. The molecule has 0 nitrogen and oxygen atoms in total. The third kappa shape index (κ3) is 0.756. The standard InChI is InChI=1S/C4BrCl2F3/c5-1-2(6)3(7,8)4(1,9)10/t3-/m0/s1. The predicted molar refractivity (Wildman–Crippen MR) is 36.4 cm³/mol. The molecule has 0 spiro atoms. The number of hydrogen-bond donors (Lipinski definition) is 0. The van der Waals surface area contributed by atoms with Gasteiger partial charge in [-0.1, -0.05) is 23.2 Å². The molecule has 0 amide bonds. The van der Waals surface area contributed by atoms with Crippen molar-refractivity contribution in [3.63, 3.8) is 0 Å². The first kappa shape index (κ1) is 8.68. The van der Waals surface area contributed by atoms with Crippen molar-refractivity contribution in [3.8, 4) is 0 Å². The third-order valence-electron chi connectivity index (χ3n) is 1.14. The Morgan fingerprint density at radius 2 is 1.70 bits per heavy atom. The zero-order chi connectivity index (χ0) is 8.15. The van der Waals surface area contributed by atoms with Gasteiger partial charge in [-0.2, -0.15) is 8.78 Å². The van der Waals surface area contributed by atoms with Gasteiger partial charge in [0.05, 0.1) is 9.51 Å². The molecule has 1 atom stereocenters. The highest BCUT2D eigenvalue weighted by atomic mass is 79.9. The van der Waals surface area contributed by atoms with Crippen LogP contribution >= 0.6 is 39.1 Å². The van der Waals surface area contributed by atoms with E-state index < -0.39 is 20.6 Å². The molecule has 0 fully saturated rings. The molecular weight excluding hydrogens is 256 g/mol. The van der Waals surface area contributed by atoms with E-state index in [2.05, 4.69) is 15.9 Å². The van der Waals surface area contributed by atoms with Gasteiger partial charge in [0, 0.05) is 0 Å². The van der Waals surface area contributed by atoms with E-state index in [1.165, 1.54) is 0 Å². The molecule has 1 aliphatic carbocycles. The topological polar surface area (TPSA) is 0 Å². The Balaban J connectivity index is 3.10. The minimum atomic E-state index is -3.69. The second-order valence-corrected chi connectivity index (χ2v) is 3.47. The molecule has 0 saturated carbocycles. The van der Waals surface area contributed by atoms with E-state index in [0.29, 0.717) is 0 Å². The highest BCUT2D eigenvalue weighted by Gasteiger charge is 2.68. The fourth-order valence-electron chi connectivity index (χ4n) is 0.489. The molecule has 1 rings (SSSR count). The van der Waals surface area contributed by atoms with E-state index in [-0.39, 0.29) is 0 Å². The Bertz CT molecular complexity index is 189. The summed E-state index contributed by atoms with van der Waals surface area (Å²) in [5.74, 6) is -3.69. The Kier molecular flexibility index (Phi) is 1.78. The molecule has 0 aromatic rings. The van der Waals surface area contributed by atoms with E-state index >= 15 is 0 Å². The fraction of sp³-hybridized carbons (Fsp3) is 0.500. The molecule has 0 heterocycles. The van der Waals surface area contributed by atoms with E-state index in [1.807, 2.05) is 0 Å². The second-order valence-electron chi connectivity index (χ2n) is 1.78. The minimum absolute atomic E-state index is 0.681. The van der Waals surface area contributed by atoms with Crippen molar-refractivity contribution < 1.29 is 13.2 Å². The van der Waals surface area contributed by atoms with Crippen molar-refractivity contribution in [1.29, 1.82) is 0 Å². The third-order valence-corrected chi connectivity index (χ3v) is 3.23. The van der Waals surface area contributed by atoms with Crippen LogP contribution in [0, 0.1) is 0 Å². The highest BCUT2D eigenvalue weighted by molar-refractivity contribution is 9.11. The number of halogens is 6. The Morgan fingerprint density at radius 1 is 1.30 bits per heavy atom. The van der Waals surface area contributed by atoms with Crippen LogP contribution < -0.4 is 0 Å². The first-order valence-corrected chi connectivity index (χ1v) is 3.68. The molecule has 0 aliphatic heterocycles. The molecule has 6 heteroatoms. The second kappa shape index (κ2) is 2.05. The van der Waals surface area contributed by atoms with E-state index in [9.17, 15) is 13.2 Å². The van der Waals surface area contributed by atoms with Gasteiger partial charge in [0.2, 0.25) is 0 Å². The summed E-state index contributed by atoms with van der Waals surface area (Å²) in [4.78, 5) is 0. The summed E-state index contributed by atoms with van der Waals surface area (Å²) < 4.78 is 36.3. The zero-order valence-corrected chi connectivity index (χ0v) is 7.37. The van der Waals surface area contributed by atoms with Gasteiger partial charge in [-0.15, -0.1) is 0 Å². The van der Waals surface area contributed by atoms with Crippen molar-refractivity contribution in [2.45, 2.75) is 11.1 Å². The summed E-state index contributed by atoms with van der Waals surface area (Å²) in [5.41, 5.74) is 0. The van der Waals surface area contributed by atoms with Crippen molar-refractivity contribution in [2.75, 3.05) is 0 Å². The minimum Gasteiger partial charge on any atom is -0.213 e. The number of alkyl halides is 4. The first-order chi connectivity index (χ1) is 4.32. The van der Waals surface area contributed by atoms with E-state index in [4.69, 9.17) is 23.2 Å². The largest absolute Gasteiger partial charge is 0.333 e. The maximum absolute atomic E-state index is 12.4. The van der Waals surface area contributed by atoms with Gasteiger partial charge >= 0.3 is 5.92 Å². The van der Waals surface area contributed by atoms with Gasteiger partial charge < -0.3 is 0 Å². The molecule has 0 radical (unpaired) electrons. The molecule has 0 saturated heterocycles. The summed E-state index contributed by atoms with van der Waals surface area (Å²) in [5, 5.41) is -3.90. The summed E-state index contributed by atoms with van der Waals surface area (Å²) in [7, 11) is 0. The highest BCUT2D eigenvalue weighted by Crippen LogP contribution is 2.60. The van der Waals surface area contributed by atoms with Crippen LogP contribution in [0.2, 0.25) is 0 Å². The average molecular weight is 256 g/mol. The lowest BCUT2D eigenvalue weighted by molar-refractivity contribution is -0.0580. The average Bonchev–Trinajstić information content (AvgIpc) is 1.84. The molecule has 10 heavy (non-hydrogen) atoms. The molecule has 0 aromatic carbocycles. The summed E-state index contributed by atoms with van der Waals surface area (Å²) in [6.45, 7) is 0. The lowest BCUT2D eigenvalue weighted by Crippen LogP contribution is -2.49. The van der Waals surface area contributed by atoms with Crippen molar-refractivity contribution >= 4 is 39.1 Å². The van der Waals surface area contributed by atoms with Crippen LogP contribution in [0.3, 0.4) is 0 Å². The first-order valence-electron chi connectivity index (χ1n) is 2.13. The van der Waals surface area contributed by atoms with E-state index in [1.54, 1.807) is 0 Å². The van der Waals surface area contributed by atoms with Gasteiger partial charge in [-0.3, -0.25) is 0 Å². The summed E-state index contributed by atoms with van der Waals surface area (Å²) in [6, 6.07) is 0. The van der Waals surface area contributed by atoms with Crippen LogP contribution in [0.15, 0.2) is 9.51 Å². The SMILES string of the molecule is FC1(F)C(Br)=C(Cl)[C@@]1(F)Cl. The molecule has 58 valence electrons. The quantitative estimate of drug-likeness (QED) is 0.582. The maximum atomic E-state index is 12.4. The Labute approximate surface area is 73.1 Å². The lowest BCUT2D eigenvalue weighted by atomic mass is 10.0. The van der Waals surface area contributed by atoms with Crippen LogP contribution in [0.5, 0.6) is 0 Å². The monoisotopic (exact) mass is 254 g/mol. The van der Waals surface area contributed by atoms with Crippen molar-refractivity contribution in [1.82, 2.24) is 0 Å². The lowest BCUT2D eigenvalue weighted by Gasteiger charge is -2.36. The summed E-state index contributed by atoms with van der Waals surface area (Å²) in [6.07, 6.45) is 0. The van der Waals surface area contributed by atoms with E-state index in [0.717, 1.165) is 0 Å². The van der Waals surface area contributed by atoms with Crippen LogP contribution in [0.1, 0.15) is 0 Å². The molecule has 0 N–H and O–H groups in total. The van der Waals surface area contributed by atoms with Crippen LogP contribution in [0.25, 0.3) is 0 Å². The Morgan fingerprint density at radius 3 is 1.80 bits per heavy atom. The van der Waals surface area contributed by atoms with Crippen molar-refractivity contribution in [2.24, 2.45) is 0 Å². The van der Waals surface area contributed by atoms with Crippen LogP contribution in [0.4, 0.5) is 13.2 Å². The number of hydrogen-bond acceptors (Lipinski definition) is 0. The fourth-order valence-corrected chi connectivity index (χ4v) is 1.69. The maximum Gasteiger partial charge on any atom is 0.333 e. The van der Waals surface area contributed by atoms with Gasteiger partial charge in [-0.25, -0.2) is 4.39 Å². The van der Waals surface area contributed by atoms with Gasteiger partial charge in [0.15, 0.2) is 0 Å². The molecule has 0 unspecified atom stereocenters. The summed E-state index contributed by atoms with van der Waals surface area (Å²) >= 11 is 12.1. The number of allylic oxidation sites excluding steroid dienone is 2. The van der Waals surface area contributed by atoms with Crippen molar-refractivity contribution in [3.05, 3.63) is 9.51 Å². The zero-order valence-electron chi connectivity index (χ0n) is 4.27. The van der Waals surface area contributed by atoms with Gasteiger partial charge in [0.25, 0.3) is 5.13 Å². The molecule has 0 bridgehead atoms. The Hall–Kier alpha value is 0.590. The molecular formula is C4BrCl2F3. The number of rotatable bonds is 0. The normalized spacial score (nSPS) is 37.8. The predicted octanol–water partition coefficient (Wildman–Crippen LogP) is 3.39. The van der Waals surface area contributed by atoms with Gasteiger partial charge in [-0.05, 0) is 15.9 Å². The van der Waals surface area contributed by atoms with Crippen LogP contribution in [-0.4, -0.2) is 11.1 Å². The van der Waals surface area contributed by atoms with Crippen LogP contribution in [-0.2, 0) is 0 Å². The smallest absolute Gasteiger partial charge is 0.213 e. The van der Waals surface area contributed by atoms with Gasteiger partial charge in [0.1, 0.15) is 0 Å².